The number of aliphatic hydroxyl groups excluding tert-OH is 1. The van der Waals surface area contributed by atoms with E-state index in [-0.39, 0.29) is 5.41 Å². The number of rotatable bonds is 2. The van der Waals surface area contributed by atoms with Crippen LogP contribution in [0.1, 0.15) is 33.6 Å². The Bertz CT molecular complexity index is 147. The molecule has 1 N–H and O–H groups in total. The first-order chi connectivity index (χ1) is 5.57. The number of piperidine rings is 1. The normalized spacial score (nSPS) is 32.8. The highest BCUT2D eigenvalue weighted by Crippen LogP contribution is 2.29. The maximum Gasteiger partial charge on any atom is 0.0497 e. The fraction of sp³-hybridized carbons (Fsp3) is 1.00. The largest absolute Gasteiger partial charge is 0.396 e. The lowest BCUT2D eigenvalue weighted by Gasteiger charge is -2.41. The van der Waals surface area contributed by atoms with Gasteiger partial charge in [0.1, 0.15) is 0 Å². The van der Waals surface area contributed by atoms with Gasteiger partial charge in [-0.3, -0.25) is 0 Å². The summed E-state index contributed by atoms with van der Waals surface area (Å²) in [6, 6.07) is 0.621. The van der Waals surface area contributed by atoms with Crippen molar-refractivity contribution >= 4 is 0 Å². The summed E-state index contributed by atoms with van der Waals surface area (Å²) >= 11 is 0. The molecule has 0 bridgehead atoms. The molecule has 0 amide bonds. The van der Waals surface area contributed by atoms with Crippen LogP contribution >= 0.6 is 0 Å². The van der Waals surface area contributed by atoms with E-state index in [9.17, 15) is 5.11 Å². The smallest absolute Gasteiger partial charge is 0.0497 e. The maximum atomic E-state index is 9.22. The second kappa shape index (κ2) is 3.75. The molecule has 1 heterocycles. The summed E-state index contributed by atoms with van der Waals surface area (Å²) in [6.45, 7) is 9.22. The molecular weight excluding hydrogens is 150 g/mol. The Morgan fingerprint density at radius 2 is 2.17 bits per heavy atom. The molecule has 1 aliphatic heterocycles. The molecule has 1 rings (SSSR count). The molecule has 1 fully saturated rings. The van der Waals surface area contributed by atoms with Crippen LogP contribution in [-0.2, 0) is 0 Å². The van der Waals surface area contributed by atoms with E-state index in [0.717, 1.165) is 6.54 Å². The van der Waals surface area contributed by atoms with Crippen molar-refractivity contribution in [2.45, 2.75) is 39.7 Å². The number of likely N-dealkylation sites (tertiary alicyclic amines) is 1. The molecule has 0 spiro atoms. The Kier molecular flexibility index (Phi) is 3.13. The van der Waals surface area contributed by atoms with Gasteiger partial charge in [-0.2, -0.15) is 0 Å². The van der Waals surface area contributed by atoms with Crippen molar-refractivity contribution in [2.24, 2.45) is 5.41 Å². The van der Waals surface area contributed by atoms with Crippen LogP contribution in [0.3, 0.4) is 0 Å². The van der Waals surface area contributed by atoms with Gasteiger partial charge in [0.25, 0.3) is 0 Å². The molecule has 1 atom stereocenters. The topological polar surface area (TPSA) is 23.5 Å². The molecule has 2 heteroatoms. The zero-order valence-corrected chi connectivity index (χ0v) is 8.51. The van der Waals surface area contributed by atoms with Gasteiger partial charge in [-0.25, -0.2) is 0 Å². The third-order valence-electron chi connectivity index (χ3n) is 2.92. The lowest BCUT2D eigenvalue weighted by Crippen LogP contribution is -2.46. The molecule has 1 saturated heterocycles. The second-order valence-corrected chi connectivity index (χ2v) is 4.64. The average Bonchev–Trinajstić information content (AvgIpc) is 2.05. The summed E-state index contributed by atoms with van der Waals surface area (Å²) in [5.41, 5.74) is 0.155. The Balaban J connectivity index is 2.51. The van der Waals surface area contributed by atoms with E-state index >= 15 is 0 Å². The van der Waals surface area contributed by atoms with Crippen LogP contribution in [0.25, 0.3) is 0 Å². The SMILES string of the molecule is CC(C)N1CCCC(C)(CO)C1. The Morgan fingerprint density at radius 3 is 2.67 bits per heavy atom. The van der Waals surface area contributed by atoms with Crippen LogP contribution < -0.4 is 0 Å². The number of aliphatic hydroxyl groups is 1. The minimum absolute atomic E-state index is 0.155. The summed E-state index contributed by atoms with van der Waals surface area (Å²) in [6.07, 6.45) is 2.40. The highest BCUT2D eigenvalue weighted by molar-refractivity contribution is 4.83. The van der Waals surface area contributed by atoms with E-state index in [0.29, 0.717) is 12.6 Å². The highest BCUT2D eigenvalue weighted by atomic mass is 16.3. The molecule has 12 heavy (non-hydrogen) atoms. The highest BCUT2D eigenvalue weighted by Gasteiger charge is 2.30. The van der Waals surface area contributed by atoms with E-state index in [1.54, 1.807) is 0 Å². The minimum Gasteiger partial charge on any atom is -0.396 e. The lowest BCUT2D eigenvalue weighted by molar-refractivity contribution is 0.0321. The van der Waals surface area contributed by atoms with E-state index in [1.165, 1.54) is 19.4 Å². The molecule has 0 radical (unpaired) electrons. The van der Waals surface area contributed by atoms with Crippen molar-refractivity contribution in [3.8, 4) is 0 Å². The number of hydrogen-bond acceptors (Lipinski definition) is 2. The molecule has 72 valence electrons. The van der Waals surface area contributed by atoms with Crippen LogP contribution in [-0.4, -0.2) is 35.7 Å². The van der Waals surface area contributed by atoms with E-state index in [1.807, 2.05) is 0 Å². The van der Waals surface area contributed by atoms with Crippen molar-refractivity contribution in [1.82, 2.24) is 4.90 Å². The van der Waals surface area contributed by atoms with Gasteiger partial charge in [-0.1, -0.05) is 6.92 Å². The van der Waals surface area contributed by atoms with Gasteiger partial charge >= 0.3 is 0 Å². The molecule has 0 aromatic carbocycles. The molecule has 0 saturated carbocycles. The van der Waals surface area contributed by atoms with Gasteiger partial charge in [0.2, 0.25) is 0 Å². The maximum absolute atomic E-state index is 9.22. The van der Waals surface area contributed by atoms with Crippen LogP contribution in [0.2, 0.25) is 0 Å². The van der Waals surface area contributed by atoms with Crippen molar-refractivity contribution in [3.05, 3.63) is 0 Å². The molecule has 0 aromatic heterocycles. The van der Waals surface area contributed by atoms with Crippen LogP contribution in [0.5, 0.6) is 0 Å². The van der Waals surface area contributed by atoms with Crippen LogP contribution in [0, 0.1) is 5.41 Å². The first-order valence-electron chi connectivity index (χ1n) is 4.92. The first kappa shape index (κ1) is 10.0. The zero-order chi connectivity index (χ0) is 9.19. The van der Waals surface area contributed by atoms with Crippen LogP contribution in [0.15, 0.2) is 0 Å². The fourth-order valence-corrected chi connectivity index (χ4v) is 1.93. The summed E-state index contributed by atoms with van der Waals surface area (Å²) in [5.74, 6) is 0. The van der Waals surface area contributed by atoms with Gasteiger partial charge in [-0.05, 0) is 33.2 Å². The Hall–Kier alpha value is -0.0800. The van der Waals surface area contributed by atoms with Gasteiger partial charge < -0.3 is 10.0 Å². The standard InChI is InChI=1S/C10H21NO/c1-9(2)11-6-4-5-10(3,7-11)8-12/h9,12H,4-8H2,1-3H3. The fourth-order valence-electron chi connectivity index (χ4n) is 1.93. The van der Waals surface area contributed by atoms with E-state index in [2.05, 4.69) is 25.7 Å². The first-order valence-corrected chi connectivity index (χ1v) is 4.92. The Labute approximate surface area is 75.6 Å². The quantitative estimate of drug-likeness (QED) is 0.680. The molecule has 2 nitrogen and oxygen atoms in total. The van der Waals surface area contributed by atoms with Crippen molar-refractivity contribution in [3.63, 3.8) is 0 Å². The number of nitrogens with zero attached hydrogens (tertiary/aromatic N) is 1. The lowest BCUT2D eigenvalue weighted by atomic mass is 9.82. The van der Waals surface area contributed by atoms with Crippen LogP contribution in [0.4, 0.5) is 0 Å². The summed E-state index contributed by atoms with van der Waals surface area (Å²) in [4.78, 5) is 2.46. The number of hydrogen-bond donors (Lipinski definition) is 1. The van der Waals surface area contributed by atoms with Gasteiger partial charge in [0, 0.05) is 24.6 Å². The predicted octanol–water partition coefficient (Wildman–Crippen LogP) is 1.49. The monoisotopic (exact) mass is 171 g/mol. The van der Waals surface area contributed by atoms with Gasteiger partial charge in [-0.15, -0.1) is 0 Å². The third-order valence-corrected chi connectivity index (χ3v) is 2.92. The van der Waals surface area contributed by atoms with Gasteiger partial charge in [0.15, 0.2) is 0 Å². The van der Waals surface area contributed by atoms with Crippen molar-refractivity contribution in [2.75, 3.05) is 19.7 Å². The van der Waals surface area contributed by atoms with Crippen molar-refractivity contribution in [1.29, 1.82) is 0 Å². The molecular formula is C10H21NO. The molecule has 1 unspecified atom stereocenters. The molecule has 0 aromatic rings. The van der Waals surface area contributed by atoms with Crippen molar-refractivity contribution < 1.29 is 5.11 Å². The van der Waals surface area contributed by atoms with Gasteiger partial charge in [0.05, 0.1) is 0 Å². The second-order valence-electron chi connectivity index (χ2n) is 4.64. The summed E-state index contributed by atoms with van der Waals surface area (Å²) in [5, 5.41) is 9.22. The Morgan fingerprint density at radius 1 is 1.50 bits per heavy atom. The average molecular weight is 171 g/mol. The predicted molar refractivity (Wildman–Crippen MR) is 51.1 cm³/mol. The summed E-state index contributed by atoms with van der Waals surface area (Å²) < 4.78 is 0. The minimum atomic E-state index is 0.155. The molecule has 0 aliphatic carbocycles. The molecule has 1 aliphatic rings. The zero-order valence-electron chi connectivity index (χ0n) is 8.51. The van der Waals surface area contributed by atoms with E-state index < -0.39 is 0 Å². The van der Waals surface area contributed by atoms with E-state index in [4.69, 9.17) is 0 Å². The third kappa shape index (κ3) is 2.20. The summed E-state index contributed by atoms with van der Waals surface area (Å²) in [7, 11) is 0.